The molecule has 0 aliphatic carbocycles. The fourth-order valence-electron chi connectivity index (χ4n) is 2.58. The summed E-state index contributed by atoms with van der Waals surface area (Å²) in [5.74, 6) is -0.114. The zero-order chi connectivity index (χ0) is 19.8. The quantitative estimate of drug-likeness (QED) is 0.225. The lowest BCUT2D eigenvalue weighted by Gasteiger charge is -2.07. The zero-order valence-electron chi connectivity index (χ0n) is 17.8. The fourth-order valence-corrected chi connectivity index (χ4v) is 2.58. The second-order valence-corrected chi connectivity index (χ2v) is 6.74. The minimum atomic E-state index is -0.114. The third-order valence-corrected chi connectivity index (χ3v) is 4.22. The number of hydrogen-bond acceptors (Lipinski definition) is 6. The Balaban J connectivity index is 3.13. The van der Waals surface area contributed by atoms with Crippen LogP contribution < -0.4 is 5.32 Å². The number of carbonyl (C=O) groups excluding carboxylic acids is 1. The van der Waals surface area contributed by atoms with Gasteiger partial charge in [-0.25, -0.2) is 0 Å². The number of ether oxygens (including phenoxy) is 4. The molecule has 0 saturated heterocycles. The van der Waals surface area contributed by atoms with Crippen molar-refractivity contribution < 1.29 is 23.7 Å². The van der Waals surface area contributed by atoms with Gasteiger partial charge in [0.05, 0.1) is 39.6 Å². The molecule has 1 N–H and O–H groups in total. The van der Waals surface area contributed by atoms with Crippen LogP contribution in [0.1, 0.15) is 71.1 Å². The summed E-state index contributed by atoms with van der Waals surface area (Å²) in [7, 11) is 1.89. The van der Waals surface area contributed by atoms with E-state index >= 15 is 0 Å². The number of likely N-dealkylation sites (N-methyl/N-ethyl adjacent to an activating group) is 1. The van der Waals surface area contributed by atoms with E-state index in [1.165, 1.54) is 44.9 Å². The highest BCUT2D eigenvalue weighted by Crippen LogP contribution is 2.10. The SMILES string of the molecule is CCCCCCCCCCCC(=O)OCCOCCOCCOCCNC. The van der Waals surface area contributed by atoms with Gasteiger partial charge in [-0.05, 0) is 13.5 Å². The van der Waals surface area contributed by atoms with E-state index in [2.05, 4.69) is 12.2 Å². The predicted molar refractivity (Wildman–Crippen MR) is 109 cm³/mol. The molecule has 0 aromatic carbocycles. The molecule has 0 saturated carbocycles. The van der Waals surface area contributed by atoms with E-state index < -0.39 is 0 Å². The Morgan fingerprint density at radius 1 is 0.667 bits per heavy atom. The highest BCUT2D eigenvalue weighted by atomic mass is 16.6. The van der Waals surface area contributed by atoms with Crippen LogP contribution in [0.3, 0.4) is 0 Å². The first-order chi connectivity index (χ1) is 13.3. The van der Waals surface area contributed by atoms with Crippen LogP contribution in [0.25, 0.3) is 0 Å². The first-order valence-corrected chi connectivity index (χ1v) is 10.8. The second-order valence-electron chi connectivity index (χ2n) is 6.74. The zero-order valence-corrected chi connectivity index (χ0v) is 17.8. The van der Waals surface area contributed by atoms with Gasteiger partial charge in [0.15, 0.2) is 0 Å². The van der Waals surface area contributed by atoms with E-state index in [0.717, 1.165) is 19.4 Å². The molecule has 0 aromatic rings. The third-order valence-electron chi connectivity index (χ3n) is 4.22. The van der Waals surface area contributed by atoms with Crippen molar-refractivity contribution >= 4 is 5.97 Å². The van der Waals surface area contributed by atoms with E-state index in [9.17, 15) is 4.79 Å². The monoisotopic (exact) mass is 389 g/mol. The average Bonchev–Trinajstić information content (AvgIpc) is 2.67. The van der Waals surface area contributed by atoms with Crippen molar-refractivity contribution in [3.63, 3.8) is 0 Å². The van der Waals surface area contributed by atoms with Gasteiger partial charge >= 0.3 is 5.97 Å². The van der Waals surface area contributed by atoms with Crippen LogP contribution in [-0.2, 0) is 23.7 Å². The predicted octanol–water partition coefficient (Wildman–Crippen LogP) is 3.72. The van der Waals surface area contributed by atoms with Gasteiger partial charge in [0.2, 0.25) is 0 Å². The largest absolute Gasteiger partial charge is 0.463 e. The fraction of sp³-hybridized carbons (Fsp3) is 0.952. The number of carbonyl (C=O) groups is 1. The summed E-state index contributed by atoms with van der Waals surface area (Å²) in [4.78, 5) is 11.6. The molecule has 0 bridgehead atoms. The summed E-state index contributed by atoms with van der Waals surface area (Å²) in [5, 5.41) is 3.01. The molecule has 0 aliphatic heterocycles. The van der Waals surface area contributed by atoms with E-state index in [0.29, 0.717) is 52.7 Å². The molecular formula is C21H43NO5. The Kier molecular flexibility index (Phi) is 22.8. The van der Waals surface area contributed by atoms with Crippen LogP contribution in [-0.4, -0.2) is 65.8 Å². The Bertz CT molecular complexity index is 302. The van der Waals surface area contributed by atoms with Gasteiger partial charge in [0.25, 0.3) is 0 Å². The highest BCUT2D eigenvalue weighted by Gasteiger charge is 2.02. The summed E-state index contributed by atoms with van der Waals surface area (Å²) in [5.41, 5.74) is 0. The third kappa shape index (κ3) is 23.3. The Morgan fingerprint density at radius 3 is 1.70 bits per heavy atom. The normalized spacial score (nSPS) is 11.0. The number of esters is 1. The molecule has 0 rings (SSSR count). The molecule has 0 aromatic heterocycles. The molecule has 0 heterocycles. The van der Waals surface area contributed by atoms with Crippen molar-refractivity contribution in [2.45, 2.75) is 71.1 Å². The first-order valence-electron chi connectivity index (χ1n) is 10.8. The van der Waals surface area contributed by atoms with Crippen LogP contribution >= 0.6 is 0 Å². The molecule has 27 heavy (non-hydrogen) atoms. The maximum atomic E-state index is 11.6. The van der Waals surface area contributed by atoms with Crippen LogP contribution in [0, 0.1) is 0 Å². The van der Waals surface area contributed by atoms with Crippen LogP contribution in [0.5, 0.6) is 0 Å². The van der Waals surface area contributed by atoms with Gasteiger partial charge in [-0.2, -0.15) is 0 Å². The van der Waals surface area contributed by atoms with Gasteiger partial charge in [-0.3, -0.25) is 4.79 Å². The molecule has 0 spiro atoms. The Labute approximate surface area is 166 Å². The smallest absolute Gasteiger partial charge is 0.305 e. The van der Waals surface area contributed by atoms with Crippen LogP contribution in [0.2, 0.25) is 0 Å². The van der Waals surface area contributed by atoms with Crippen molar-refractivity contribution in [1.29, 1.82) is 0 Å². The molecule has 0 unspecified atom stereocenters. The van der Waals surface area contributed by atoms with Crippen molar-refractivity contribution in [3.05, 3.63) is 0 Å². The number of hydrogen-bond donors (Lipinski definition) is 1. The average molecular weight is 390 g/mol. The van der Waals surface area contributed by atoms with E-state index in [-0.39, 0.29) is 5.97 Å². The van der Waals surface area contributed by atoms with Gasteiger partial charge in [-0.1, -0.05) is 58.3 Å². The second kappa shape index (κ2) is 23.3. The molecule has 0 fully saturated rings. The standard InChI is InChI=1S/C21H43NO5/c1-3-4-5-6-7-8-9-10-11-12-21(23)27-20-19-26-18-17-25-16-15-24-14-13-22-2/h22H,3-20H2,1-2H3. The Hall–Kier alpha value is -0.690. The summed E-state index contributed by atoms with van der Waals surface area (Å²) in [6.07, 6.45) is 11.8. The summed E-state index contributed by atoms with van der Waals surface area (Å²) in [6.45, 7) is 6.73. The number of unbranched alkanes of at least 4 members (excludes halogenated alkanes) is 8. The van der Waals surface area contributed by atoms with Gasteiger partial charge in [-0.15, -0.1) is 0 Å². The topological polar surface area (TPSA) is 66.0 Å². The molecule has 0 atom stereocenters. The minimum absolute atomic E-state index is 0.114. The maximum Gasteiger partial charge on any atom is 0.305 e. The minimum Gasteiger partial charge on any atom is -0.463 e. The van der Waals surface area contributed by atoms with Crippen molar-refractivity contribution in [3.8, 4) is 0 Å². The molecular weight excluding hydrogens is 346 g/mol. The molecule has 0 amide bonds. The lowest BCUT2D eigenvalue weighted by atomic mass is 10.1. The lowest BCUT2D eigenvalue weighted by molar-refractivity contribution is -0.145. The maximum absolute atomic E-state index is 11.6. The first kappa shape index (κ1) is 26.3. The van der Waals surface area contributed by atoms with Gasteiger partial charge in [0.1, 0.15) is 6.61 Å². The molecule has 6 nitrogen and oxygen atoms in total. The van der Waals surface area contributed by atoms with Crippen molar-refractivity contribution in [1.82, 2.24) is 5.32 Å². The van der Waals surface area contributed by atoms with Crippen LogP contribution in [0.4, 0.5) is 0 Å². The molecule has 0 radical (unpaired) electrons. The summed E-state index contributed by atoms with van der Waals surface area (Å²) >= 11 is 0. The highest BCUT2D eigenvalue weighted by molar-refractivity contribution is 5.69. The van der Waals surface area contributed by atoms with Gasteiger partial charge in [0, 0.05) is 13.0 Å². The summed E-state index contributed by atoms with van der Waals surface area (Å²) < 4.78 is 21.2. The lowest BCUT2D eigenvalue weighted by Crippen LogP contribution is -2.17. The number of rotatable bonds is 22. The molecule has 162 valence electrons. The van der Waals surface area contributed by atoms with E-state index in [4.69, 9.17) is 18.9 Å². The van der Waals surface area contributed by atoms with Gasteiger partial charge < -0.3 is 24.3 Å². The van der Waals surface area contributed by atoms with Crippen molar-refractivity contribution in [2.24, 2.45) is 0 Å². The van der Waals surface area contributed by atoms with E-state index in [1.54, 1.807) is 0 Å². The Morgan fingerprint density at radius 2 is 1.15 bits per heavy atom. The van der Waals surface area contributed by atoms with E-state index in [1.807, 2.05) is 7.05 Å². The van der Waals surface area contributed by atoms with Crippen LogP contribution in [0.15, 0.2) is 0 Å². The number of nitrogens with one attached hydrogen (secondary N) is 1. The molecule has 0 aliphatic rings. The van der Waals surface area contributed by atoms with Crippen molar-refractivity contribution in [2.75, 3.05) is 59.8 Å². The molecule has 6 heteroatoms. The summed E-state index contributed by atoms with van der Waals surface area (Å²) in [6, 6.07) is 0.